The van der Waals surface area contributed by atoms with Crippen LogP contribution in [0.15, 0.2) is 24.3 Å². The van der Waals surface area contributed by atoms with Gasteiger partial charge in [-0.2, -0.15) is 0 Å². The van der Waals surface area contributed by atoms with E-state index in [4.69, 9.17) is 5.73 Å². The van der Waals surface area contributed by atoms with Crippen LogP contribution in [0.25, 0.3) is 0 Å². The van der Waals surface area contributed by atoms with Crippen LogP contribution in [0.3, 0.4) is 0 Å². The number of nitrogens with zero attached hydrogens (tertiary/aromatic N) is 3. The van der Waals surface area contributed by atoms with E-state index in [0.29, 0.717) is 0 Å². The molecule has 0 aromatic heterocycles. The Hall–Kier alpha value is -1.26. The van der Waals surface area contributed by atoms with Crippen LogP contribution in [-0.2, 0) is 0 Å². The van der Waals surface area contributed by atoms with Crippen molar-refractivity contribution >= 4 is 11.4 Å². The summed E-state index contributed by atoms with van der Waals surface area (Å²) in [5.41, 5.74) is 7.98. The third kappa shape index (κ3) is 3.37. The fourth-order valence-electron chi connectivity index (χ4n) is 2.32. The minimum absolute atomic E-state index is 0.860. The van der Waals surface area contributed by atoms with Crippen molar-refractivity contribution in [1.29, 1.82) is 0 Å². The third-order valence-electron chi connectivity index (χ3n) is 3.70. The van der Waals surface area contributed by atoms with Gasteiger partial charge in [0.2, 0.25) is 0 Å². The Bertz CT molecular complexity index is 372. The Morgan fingerprint density at radius 1 is 1.17 bits per heavy atom. The van der Waals surface area contributed by atoms with Gasteiger partial charge in [-0.3, -0.25) is 4.90 Å². The molecule has 0 amide bonds. The van der Waals surface area contributed by atoms with Gasteiger partial charge in [-0.05, 0) is 19.2 Å². The molecule has 4 nitrogen and oxygen atoms in total. The van der Waals surface area contributed by atoms with Gasteiger partial charge < -0.3 is 15.5 Å². The smallest absolute Gasteiger partial charge is 0.0597 e. The van der Waals surface area contributed by atoms with Gasteiger partial charge in [0.15, 0.2) is 0 Å². The first-order valence-corrected chi connectivity index (χ1v) is 6.63. The first-order chi connectivity index (χ1) is 8.66. The predicted molar refractivity (Wildman–Crippen MR) is 78.1 cm³/mol. The maximum Gasteiger partial charge on any atom is 0.0597 e. The fourth-order valence-corrected chi connectivity index (χ4v) is 2.32. The summed E-state index contributed by atoms with van der Waals surface area (Å²) in [5.74, 6) is 0. The number of hydrogen-bond donors (Lipinski definition) is 1. The Morgan fingerprint density at radius 2 is 1.83 bits per heavy atom. The average molecular weight is 248 g/mol. The van der Waals surface area contributed by atoms with Crippen LogP contribution in [0.5, 0.6) is 0 Å². The molecule has 0 radical (unpaired) electrons. The van der Waals surface area contributed by atoms with E-state index < -0.39 is 0 Å². The first kappa shape index (κ1) is 13.2. The first-order valence-electron chi connectivity index (χ1n) is 6.63. The van der Waals surface area contributed by atoms with E-state index in [9.17, 15) is 0 Å². The highest BCUT2D eigenvalue weighted by Gasteiger charge is 2.14. The second kappa shape index (κ2) is 6.07. The molecule has 1 aliphatic heterocycles. The van der Waals surface area contributed by atoms with Gasteiger partial charge in [-0.25, -0.2) is 0 Å². The van der Waals surface area contributed by atoms with Crippen molar-refractivity contribution < 1.29 is 0 Å². The number of piperazine rings is 1. The van der Waals surface area contributed by atoms with Crippen molar-refractivity contribution in [1.82, 2.24) is 9.80 Å². The van der Waals surface area contributed by atoms with E-state index in [1.54, 1.807) is 0 Å². The van der Waals surface area contributed by atoms with Crippen LogP contribution in [0.1, 0.15) is 0 Å². The second-order valence-corrected chi connectivity index (χ2v) is 5.13. The van der Waals surface area contributed by atoms with E-state index in [1.807, 2.05) is 18.2 Å². The molecule has 2 N–H and O–H groups in total. The lowest BCUT2D eigenvalue weighted by Gasteiger charge is -2.33. The van der Waals surface area contributed by atoms with Crippen molar-refractivity contribution in [3.8, 4) is 0 Å². The largest absolute Gasteiger partial charge is 0.397 e. The lowest BCUT2D eigenvalue weighted by molar-refractivity contribution is 0.157. The number of hydrogen-bond acceptors (Lipinski definition) is 4. The van der Waals surface area contributed by atoms with Gasteiger partial charge in [0.1, 0.15) is 0 Å². The lowest BCUT2D eigenvalue weighted by atomic mass is 10.2. The normalized spacial score (nSPS) is 17.9. The standard InChI is InChI=1S/C14H24N4/c1-16-7-10-18(11-8-16)12-9-17(2)14-6-4-3-5-13(14)15/h3-6H,7-12,15H2,1-2H3. The third-order valence-corrected chi connectivity index (χ3v) is 3.70. The molecule has 0 saturated carbocycles. The maximum atomic E-state index is 5.99. The Balaban J connectivity index is 1.81. The highest BCUT2D eigenvalue weighted by atomic mass is 15.3. The molecule has 1 heterocycles. The molecule has 0 aliphatic carbocycles. The van der Waals surface area contributed by atoms with Crippen LogP contribution in [0, 0.1) is 0 Å². The molecule has 0 atom stereocenters. The number of rotatable bonds is 4. The number of nitrogens with two attached hydrogens (primary N) is 1. The summed E-state index contributed by atoms with van der Waals surface area (Å²) in [5, 5.41) is 0. The molecular weight excluding hydrogens is 224 g/mol. The SMILES string of the molecule is CN1CCN(CCN(C)c2ccccc2N)CC1. The summed E-state index contributed by atoms with van der Waals surface area (Å²) < 4.78 is 0. The van der Waals surface area contributed by atoms with Crippen LogP contribution in [0.2, 0.25) is 0 Å². The van der Waals surface area contributed by atoms with Gasteiger partial charge >= 0.3 is 0 Å². The van der Waals surface area contributed by atoms with E-state index >= 15 is 0 Å². The number of para-hydroxylation sites is 2. The zero-order chi connectivity index (χ0) is 13.0. The molecule has 18 heavy (non-hydrogen) atoms. The molecule has 1 aliphatic rings. The zero-order valence-electron chi connectivity index (χ0n) is 11.5. The zero-order valence-corrected chi connectivity index (χ0v) is 11.5. The molecule has 1 fully saturated rings. The monoisotopic (exact) mass is 248 g/mol. The van der Waals surface area contributed by atoms with Crippen LogP contribution in [-0.4, -0.2) is 63.2 Å². The lowest BCUT2D eigenvalue weighted by Crippen LogP contribution is -2.46. The number of benzene rings is 1. The highest BCUT2D eigenvalue weighted by molar-refractivity contribution is 5.66. The summed E-state index contributed by atoms with van der Waals surface area (Å²) in [6.45, 7) is 6.84. The van der Waals surface area contributed by atoms with Gasteiger partial charge in [0.25, 0.3) is 0 Å². The van der Waals surface area contributed by atoms with Crippen LogP contribution < -0.4 is 10.6 Å². The van der Waals surface area contributed by atoms with Gasteiger partial charge in [0, 0.05) is 46.3 Å². The van der Waals surface area contributed by atoms with Gasteiger partial charge in [0.05, 0.1) is 11.4 Å². The van der Waals surface area contributed by atoms with Crippen molar-refractivity contribution in [2.24, 2.45) is 0 Å². The summed E-state index contributed by atoms with van der Waals surface area (Å²) in [6.07, 6.45) is 0. The molecule has 0 bridgehead atoms. The molecule has 0 spiro atoms. The summed E-state index contributed by atoms with van der Waals surface area (Å²) in [7, 11) is 4.30. The van der Waals surface area contributed by atoms with Gasteiger partial charge in [-0.1, -0.05) is 12.1 Å². The Labute approximate surface area is 110 Å². The molecule has 0 unspecified atom stereocenters. The molecule has 1 saturated heterocycles. The van der Waals surface area contributed by atoms with E-state index in [-0.39, 0.29) is 0 Å². The summed E-state index contributed by atoms with van der Waals surface area (Å²) in [6, 6.07) is 8.06. The fraction of sp³-hybridized carbons (Fsp3) is 0.571. The Kier molecular flexibility index (Phi) is 4.44. The Morgan fingerprint density at radius 3 is 2.50 bits per heavy atom. The average Bonchev–Trinajstić information content (AvgIpc) is 2.38. The summed E-state index contributed by atoms with van der Waals surface area (Å²) >= 11 is 0. The van der Waals surface area contributed by atoms with E-state index in [0.717, 1.165) is 24.5 Å². The van der Waals surface area contributed by atoms with Crippen molar-refractivity contribution in [3.05, 3.63) is 24.3 Å². The van der Waals surface area contributed by atoms with Crippen LogP contribution in [0.4, 0.5) is 11.4 Å². The molecule has 2 rings (SSSR count). The number of anilines is 2. The molecule has 4 heteroatoms. The molecule has 100 valence electrons. The van der Waals surface area contributed by atoms with Gasteiger partial charge in [-0.15, -0.1) is 0 Å². The summed E-state index contributed by atoms with van der Waals surface area (Å²) in [4.78, 5) is 7.15. The quantitative estimate of drug-likeness (QED) is 0.805. The van der Waals surface area contributed by atoms with E-state index in [1.165, 1.54) is 26.2 Å². The number of nitrogen functional groups attached to an aromatic ring is 1. The number of likely N-dealkylation sites (N-methyl/N-ethyl adjacent to an activating group) is 2. The van der Waals surface area contributed by atoms with Crippen molar-refractivity contribution in [2.45, 2.75) is 0 Å². The van der Waals surface area contributed by atoms with Crippen LogP contribution >= 0.6 is 0 Å². The van der Waals surface area contributed by atoms with Crippen molar-refractivity contribution in [3.63, 3.8) is 0 Å². The minimum Gasteiger partial charge on any atom is -0.397 e. The van der Waals surface area contributed by atoms with E-state index in [2.05, 4.69) is 34.9 Å². The molecule has 1 aromatic carbocycles. The molecule has 1 aromatic rings. The van der Waals surface area contributed by atoms with Crippen molar-refractivity contribution in [2.75, 3.05) is 64.0 Å². The predicted octanol–water partition coefficient (Wildman–Crippen LogP) is 0.952. The molecular formula is C14H24N4. The topological polar surface area (TPSA) is 35.7 Å². The highest BCUT2D eigenvalue weighted by Crippen LogP contribution is 2.20. The second-order valence-electron chi connectivity index (χ2n) is 5.13. The minimum atomic E-state index is 0.860. The maximum absolute atomic E-state index is 5.99.